The third-order valence-corrected chi connectivity index (χ3v) is 10.7. The van der Waals surface area contributed by atoms with E-state index in [-0.39, 0.29) is 5.97 Å². The summed E-state index contributed by atoms with van der Waals surface area (Å²) < 4.78 is 5.81. The van der Waals surface area contributed by atoms with Crippen molar-refractivity contribution in [2.24, 2.45) is 0 Å². The first-order chi connectivity index (χ1) is 23.7. The van der Waals surface area contributed by atoms with E-state index in [2.05, 4.69) is 27.7 Å². The van der Waals surface area contributed by atoms with Crippen molar-refractivity contribution < 1.29 is 9.53 Å². The summed E-state index contributed by atoms with van der Waals surface area (Å²) in [6, 6.07) is 0. The molecule has 0 radical (unpaired) electrons. The summed E-state index contributed by atoms with van der Waals surface area (Å²) in [6.45, 7) is 9.54. The predicted octanol–water partition coefficient (Wildman–Crippen LogP) is 16.7. The first-order valence-corrected chi connectivity index (χ1v) is 22.5. The summed E-state index contributed by atoms with van der Waals surface area (Å²) in [7, 11) is 0. The highest BCUT2D eigenvalue weighted by Crippen LogP contribution is 2.23. The van der Waals surface area contributed by atoms with Crippen LogP contribution < -0.4 is 0 Å². The number of rotatable bonds is 40. The third kappa shape index (κ3) is 35.1. The van der Waals surface area contributed by atoms with Gasteiger partial charge in [-0.1, -0.05) is 238 Å². The molecule has 0 amide bonds. The number of carbonyl (C=O) groups is 1. The van der Waals surface area contributed by atoms with Crippen LogP contribution in [0.2, 0.25) is 0 Å². The summed E-state index contributed by atoms with van der Waals surface area (Å²) in [5.74, 6) is -0.0364. The second kappa shape index (κ2) is 40.6. The normalized spacial score (nSPS) is 12.1. The van der Waals surface area contributed by atoms with E-state index in [1.807, 2.05) is 0 Å². The van der Waals surface area contributed by atoms with E-state index in [1.54, 1.807) is 0 Å². The fourth-order valence-corrected chi connectivity index (χ4v) is 7.22. The third-order valence-electron chi connectivity index (χ3n) is 10.7. The van der Waals surface area contributed by atoms with Gasteiger partial charge in [-0.2, -0.15) is 0 Å². The standard InChI is InChI=1S/C46H90O2/c1-5-8-11-14-17-20-23-25-26-28-31-34-37-40-43-48-46(47)44(4)45(41-38-35-32-29-22-19-16-13-10-7-3)42-39-36-33-30-27-24-21-18-15-12-9-6-2/h5-43H2,1-4H3. The average molecular weight is 675 g/mol. The topological polar surface area (TPSA) is 26.3 Å². The molecule has 0 spiro atoms. The highest BCUT2D eigenvalue weighted by Gasteiger charge is 2.12. The van der Waals surface area contributed by atoms with Crippen molar-refractivity contribution in [2.45, 2.75) is 272 Å². The van der Waals surface area contributed by atoms with E-state index in [0.717, 1.165) is 24.8 Å². The molecule has 2 heteroatoms. The van der Waals surface area contributed by atoms with Crippen LogP contribution in [-0.4, -0.2) is 12.6 Å². The molecule has 0 saturated heterocycles. The van der Waals surface area contributed by atoms with E-state index >= 15 is 0 Å². The molecule has 0 heterocycles. The van der Waals surface area contributed by atoms with Gasteiger partial charge in [0.25, 0.3) is 0 Å². The van der Waals surface area contributed by atoms with Crippen LogP contribution in [0, 0.1) is 0 Å². The molecule has 0 aromatic rings. The lowest BCUT2D eigenvalue weighted by atomic mass is 9.95. The molecular weight excluding hydrogens is 585 g/mol. The van der Waals surface area contributed by atoms with E-state index in [1.165, 1.54) is 230 Å². The molecule has 0 aromatic carbocycles. The zero-order chi connectivity index (χ0) is 35.0. The van der Waals surface area contributed by atoms with Crippen molar-refractivity contribution in [3.05, 3.63) is 11.1 Å². The quantitative estimate of drug-likeness (QED) is 0.0367. The second-order valence-corrected chi connectivity index (χ2v) is 15.5. The monoisotopic (exact) mass is 675 g/mol. The molecule has 0 saturated carbocycles. The molecule has 0 N–H and O–H groups in total. The zero-order valence-electron chi connectivity index (χ0n) is 33.9. The van der Waals surface area contributed by atoms with Gasteiger partial charge in [-0.15, -0.1) is 0 Å². The maximum Gasteiger partial charge on any atom is 0.333 e. The molecule has 0 rings (SSSR count). The molecule has 286 valence electrons. The van der Waals surface area contributed by atoms with Gasteiger partial charge in [-0.25, -0.2) is 4.79 Å². The van der Waals surface area contributed by atoms with E-state index in [9.17, 15) is 4.79 Å². The molecule has 48 heavy (non-hydrogen) atoms. The fourth-order valence-electron chi connectivity index (χ4n) is 7.22. The highest BCUT2D eigenvalue weighted by atomic mass is 16.5. The van der Waals surface area contributed by atoms with Gasteiger partial charge in [-0.3, -0.25) is 0 Å². The smallest absolute Gasteiger partial charge is 0.333 e. The number of allylic oxidation sites excluding steroid dienone is 1. The van der Waals surface area contributed by atoms with E-state index < -0.39 is 0 Å². The van der Waals surface area contributed by atoms with Crippen molar-refractivity contribution >= 4 is 5.97 Å². The zero-order valence-corrected chi connectivity index (χ0v) is 33.9. The van der Waals surface area contributed by atoms with Crippen LogP contribution in [-0.2, 0) is 9.53 Å². The second-order valence-electron chi connectivity index (χ2n) is 15.5. The van der Waals surface area contributed by atoms with Gasteiger partial charge >= 0.3 is 5.97 Å². The molecule has 0 aliphatic rings. The number of carbonyl (C=O) groups excluding carboxylic acids is 1. The van der Waals surface area contributed by atoms with Crippen LogP contribution in [0.25, 0.3) is 0 Å². The van der Waals surface area contributed by atoms with Crippen molar-refractivity contribution in [3.8, 4) is 0 Å². The highest BCUT2D eigenvalue weighted by molar-refractivity contribution is 5.88. The van der Waals surface area contributed by atoms with Gasteiger partial charge in [-0.05, 0) is 39.0 Å². The Morgan fingerprint density at radius 3 is 0.833 bits per heavy atom. The minimum absolute atomic E-state index is 0.0364. The van der Waals surface area contributed by atoms with Crippen molar-refractivity contribution in [1.82, 2.24) is 0 Å². The van der Waals surface area contributed by atoms with E-state index in [0.29, 0.717) is 6.61 Å². The van der Waals surface area contributed by atoms with Crippen LogP contribution in [0.5, 0.6) is 0 Å². The molecule has 2 nitrogen and oxygen atoms in total. The molecule has 0 aliphatic carbocycles. The minimum atomic E-state index is -0.0364. The first-order valence-electron chi connectivity index (χ1n) is 22.5. The summed E-state index contributed by atoms with van der Waals surface area (Å²) in [5, 5.41) is 0. The van der Waals surface area contributed by atoms with Crippen LogP contribution in [0.15, 0.2) is 11.1 Å². The maximum atomic E-state index is 13.0. The summed E-state index contributed by atoms with van der Waals surface area (Å²) in [6.07, 6.45) is 51.3. The van der Waals surface area contributed by atoms with Crippen molar-refractivity contribution in [2.75, 3.05) is 6.61 Å². The van der Waals surface area contributed by atoms with Crippen LogP contribution >= 0.6 is 0 Å². The Balaban J connectivity index is 4.25. The van der Waals surface area contributed by atoms with Gasteiger partial charge < -0.3 is 4.74 Å². The molecule has 0 unspecified atom stereocenters. The lowest BCUT2D eigenvalue weighted by Crippen LogP contribution is -2.10. The Hall–Kier alpha value is -0.790. The Morgan fingerprint density at radius 1 is 0.333 bits per heavy atom. The predicted molar refractivity (Wildman–Crippen MR) is 216 cm³/mol. The Kier molecular flexibility index (Phi) is 40.0. The number of esters is 1. The van der Waals surface area contributed by atoms with Crippen LogP contribution in [0.3, 0.4) is 0 Å². The molecule has 0 aliphatic heterocycles. The minimum Gasteiger partial charge on any atom is -0.462 e. The largest absolute Gasteiger partial charge is 0.462 e. The molecule has 0 fully saturated rings. The number of ether oxygens (including phenoxy) is 1. The molecule has 0 aromatic heterocycles. The summed E-state index contributed by atoms with van der Waals surface area (Å²) in [4.78, 5) is 13.0. The van der Waals surface area contributed by atoms with Gasteiger partial charge in [0.2, 0.25) is 0 Å². The van der Waals surface area contributed by atoms with Gasteiger partial charge in [0.15, 0.2) is 0 Å². The van der Waals surface area contributed by atoms with Gasteiger partial charge in [0, 0.05) is 5.57 Å². The molecular formula is C46H90O2. The Labute approximate surface area is 304 Å². The first kappa shape index (κ1) is 47.2. The number of hydrogen-bond acceptors (Lipinski definition) is 2. The Morgan fingerprint density at radius 2 is 0.562 bits per heavy atom. The molecule has 0 atom stereocenters. The lowest BCUT2D eigenvalue weighted by Gasteiger charge is -2.13. The lowest BCUT2D eigenvalue weighted by molar-refractivity contribution is -0.139. The van der Waals surface area contributed by atoms with Gasteiger partial charge in [0.1, 0.15) is 0 Å². The summed E-state index contributed by atoms with van der Waals surface area (Å²) >= 11 is 0. The van der Waals surface area contributed by atoms with Crippen molar-refractivity contribution in [1.29, 1.82) is 0 Å². The van der Waals surface area contributed by atoms with E-state index in [4.69, 9.17) is 4.74 Å². The average Bonchev–Trinajstić information content (AvgIpc) is 3.09. The fraction of sp³-hybridized carbons (Fsp3) is 0.935. The van der Waals surface area contributed by atoms with Crippen molar-refractivity contribution in [3.63, 3.8) is 0 Å². The molecule has 0 bridgehead atoms. The SMILES string of the molecule is CCCCCCCCCCCCCCCCOC(=O)C(C)=C(CCCCCCCCCCCC)CCCCCCCCCCCCCC. The number of hydrogen-bond donors (Lipinski definition) is 0. The summed E-state index contributed by atoms with van der Waals surface area (Å²) in [5.41, 5.74) is 2.33. The number of unbranched alkanes of at least 4 members (excludes halogenated alkanes) is 33. The maximum absolute atomic E-state index is 13.0. The van der Waals surface area contributed by atoms with Crippen LogP contribution in [0.1, 0.15) is 272 Å². The van der Waals surface area contributed by atoms with Gasteiger partial charge in [0.05, 0.1) is 6.61 Å². The van der Waals surface area contributed by atoms with Crippen LogP contribution in [0.4, 0.5) is 0 Å². The Bertz CT molecular complexity index is 665.